The molecule has 2 amide bonds. The minimum absolute atomic E-state index is 0. The molecule has 0 radical (unpaired) electrons. The molecule has 0 saturated heterocycles. The number of benzene rings is 2. The van der Waals surface area contributed by atoms with Gasteiger partial charge in [0.05, 0.1) is 24.5 Å². The number of anilines is 1. The van der Waals surface area contributed by atoms with Crippen molar-refractivity contribution in [2.45, 2.75) is 45.3 Å². The van der Waals surface area contributed by atoms with Gasteiger partial charge in [0.1, 0.15) is 24.7 Å². The lowest BCUT2D eigenvalue weighted by Gasteiger charge is -2.28. The standard InChI is InChI=1S/C28H34N4O4.ClH/c1-21-8-12-24(13-9-21)35-17-16-31(2)27(33)20-32-19-23(18-29-32)30-28(34)22-10-14-26(15-11-22)36-25-6-4-3-5-7-25;/h3-9,12-13,18-19,22,26H,10-11,14-17,20H2,1-2H3,(H,30,34);1H/t22-,26+;. The van der Waals surface area contributed by atoms with Crippen LogP contribution >= 0.6 is 12.4 Å². The van der Waals surface area contributed by atoms with Crippen molar-refractivity contribution in [3.05, 3.63) is 72.6 Å². The first-order valence-electron chi connectivity index (χ1n) is 12.4. The van der Waals surface area contributed by atoms with Crippen LogP contribution < -0.4 is 14.8 Å². The molecule has 3 aromatic rings. The Labute approximate surface area is 224 Å². The number of amides is 2. The predicted molar refractivity (Wildman–Crippen MR) is 145 cm³/mol. The SMILES string of the molecule is Cc1ccc(OCCN(C)C(=O)Cn2cc(NC(=O)[C@H]3CC[C@@H](Oc4ccccc4)CC3)cn2)cc1.Cl. The van der Waals surface area contributed by atoms with Crippen molar-refractivity contribution in [2.24, 2.45) is 5.92 Å². The zero-order valence-corrected chi connectivity index (χ0v) is 22.2. The molecule has 9 heteroatoms. The molecule has 1 aliphatic carbocycles. The van der Waals surface area contributed by atoms with Crippen molar-refractivity contribution in [3.63, 3.8) is 0 Å². The summed E-state index contributed by atoms with van der Waals surface area (Å²) < 4.78 is 13.3. The number of ether oxygens (including phenoxy) is 2. The molecule has 1 fully saturated rings. The molecule has 1 aliphatic rings. The highest BCUT2D eigenvalue weighted by atomic mass is 35.5. The number of aryl methyl sites for hydroxylation is 1. The molecule has 0 atom stereocenters. The largest absolute Gasteiger partial charge is 0.492 e. The van der Waals surface area contributed by atoms with E-state index in [1.165, 1.54) is 5.56 Å². The van der Waals surface area contributed by atoms with Crippen LogP contribution in [0.25, 0.3) is 0 Å². The maximum Gasteiger partial charge on any atom is 0.244 e. The monoisotopic (exact) mass is 526 g/mol. The first-order chi connectivity index (χ1) is 17.5. The van der Waals surface area contributed by atoms with E-state index in [1.54, 1.807) is 29.0 Å². The van der Waals surface area contributed by atoms with Crippen molar-refractivity contribution in [1.82, 2.24) is 14.7 Å². The third kappa shape index (κ3) is 8.53. The van der Waals surface area contributed by atoms with Gasteiger partial charge in [0.15, 0.2) is 0 Å². The number of carbonyl (C=O) groups is 2. The van der Waals surface area contributed by atoms with E-state index in [9.17, 15) is 9.59 Å². The van der Waals surface area contributed by atoms with Crippen LogP contribution in [0.15, 0.2) is 67.0 Å². The van der Waals surface area contributed by atoms with E-state index >= 15 is 0 Å². The molecule has 1 aromatic heterocycles. The Kier molecular flexibility index (Phi) is 10.4. The van der Waals surface area contributed by atoms with Crippen molar-refractivity contribution in [2.75, 3.05) is 25.5 Å². The Bertz CT molecular complexity index is 1130. The van der Waals surface area contributed by atoms with Gasteiger partial charge in [-0.2, -0.15) is 5.10 Å². The normalized spacial score (nSPS) is 16.8. The summed E-state index contributed by atoms with van der Waals surface area (Å²) in [6.07, 6.45) is 6.68. The molecular formula is C28H35ClN4O4. The molecule has 8 nitrogen and oxygen atoms in total. The van der Waals surface area contributed by atoms with E-state index < -0.39 is 0 Å². The molecule has 1 saturated carbocycles. The van der Waals surface area contributed by atoms with Gasteiger partial charge in [-0.1, -0.05) is 35.9 Å². The number of carbonyl (C=O) groups excluding carboxylic acids is 2. The summed E-state index contributed by atoms with van der Waals surface area (Å²) >= 11 is 0. The van der Waals surface area contributed by atoms with Gasteiger partial charge in [-0.05, 0) is 56.9 Å². The van der Waals surface area contributed by atoms with Gasteiger partial charge in [0, 0.05) is 19.2 Å². The highest BCUT2D eigenvalue weighted by Crippen LogP contribution is 2.28. The zero-order valence-electron chi connectivity index (χ0n) is 21.3. The van der Waals surface area contributed by atoms with E-state index in [0.717, 1.165) is 37.2 Å². The quantitative estimate of drug-likeness (QED) is 0.413. The highest BCUT2D eigenvalue weighted by Gasteiger charge is 2.27. The summed E-state index contributed by atoms with van der Waals surface area (Å²) in [5, 5.41) is 7.18. The number of nitrogens with zero attached hydrogens (tertiary/aromatic N) is 3. The molecule has 1 N–H and O–H groups in total. The maximum atomic E-state index is 12.7. The molecule has 1 heterocycles. The van der Waals surface area contributed by atoms with Crippen LogP contribution in [0.1, 0.15) is 31.2 Å². The number of halogens is 1. The minimum Gasteiger partial charge on any atom is -0.492 e. The number of hydrogen-bond acceptors (Lipinski definition) is 5. The van der Waals surface area contributed by atoms with E-state index in [4.69, 9.17) is 9.47 Å². The van der Waals surface area contributed by atoms with Gasteiger partial charge in [0.25, 0.3) is 0 Å². The maximum absolute atomic E-state index is 12.7. The van der Waals surface area contributed by atoms with Crippen molar-refractivity contribution < 1.29 is 19.1 Å². The molecule has 0 spiro atoms. The summed E-state index contributed by atoms with van der Waals surface area (Å²) in [4.78, 5) is 26.9. The lowest BCUT2D eigenvalue weighted by molar-refractivity contribution is -0.131. The Morgan fingerprint density at radius 2 is 1.73 bits per heavy atom. The molecule has 0 bridgehead atoms. The van der Waals surface area contributed by atoms with Gasteiger partial charge < -0.3 is 19.7 Å². The summed E-state index contributed by atoms with van der Waals surface area (Å²) in [5.74, 6) is 1.51. The zero-order chi connectivity index (χ0) is 25.3. The second-order valence-corrected chi connectivity index (χ2v) is 9.30. The number of nitrogens with one attached hydrogen (secondary N) is 1. The molecule has 4 rings (SSSR count). The third-order valence-corrected chi connectivity index (χ3v) is 6.43. The number of likely N-dealkylation sites (N-methyl/N-ethyl adjacent to an activating group) is 1. The van der Waals surface area contributed by atoms with E-state index in [-0.39, 0.29) is 42.8 Å². The number of rotatable bonds is 10. The fraction of sp³-hybridized carbons (Fsp3) is 0.393. The van der Waals surface area contributed by atoms with E-state index in [0.29, 0.717) is 18.8 Å². The molecule has 198 valence electrons. The smallest absolute Gasteiger partial charge is 0.244 e. The summed E-state index contributed by atoms with van der Waals surface area (Å²) in [6, 6.07) is 17.6. The van der Waals surface area contributed by atoms with Crippen LogP contribution in [0.5, 0.6) is 11.5 Å². The second-order valence-electron chi connectivity index (χ2n) is 9.30. The Hall–Kier alpha value is -3.52. The molecule has 37 heavy (non-hydrogen) atoms. The van der Waals surface area contributed by atoms with E-state index in [2.05, 4.69) is 10.4 Å². The summed E-state index contributed by atoms with van der Waals surface area (Å²) in [5.41, 5.74) is 1.77. The molecule has 0 aliphatic heterocycles. The van der Waals surface area contributed by atoms with Gasteiger partial charge in [-0.15, -0.1) is 12.4 Å². The topological polar surface area (TPSA) is 85.7 Å². The van der Waals surface area contributed by atoms with Crippen molar-refractivity contribution in [1.29, 1.82) is 0 Å². The third-order valence-electron chi connectivity index (χ3n) is 6.43. The van der Waals surface area contributed by atoms with Crippen LogP contribution in [0.4, 0.5) is 5.69 Å². The molecule has 0 unspecified atom stereocenters. The summed E-state index contributed by atoms with van der Waals surface area (Å²) in [7, 11) is 1.74. The van der Waals surface area contributed by atoms with Gasteiger partial charge >= 0.3 is 0 Å². The van der Waals surface area contributed by atoms with Crippen LogP contribution in [0.3, 0.4) is 0 Å². The Morgan fingerprint density at radius 1 is 1.03 bits per heavy atom. The average molecular weight is 527 g/mol. The van der Waals surface area contributed by atoms with Gasteiger partial charge in [-0.25, -0.2) is 0 Å². The second kappa shape index (κ2) is 13.7. The first kappa shape index (κ1) is 28.1. The Morgan fingerprint density at radius 3 is 2.43 bits per heavy atom. The lowest BCUT2D eigenvalue weighted by atomic mass is 9.86. The van der Waals surface area contributed by atoms with Crippen LogP contribution in [0, 0.1) is 12.8 Å². The van der Waals surface area contributed by atoms with Crippen LogP contribution in [0.2, 0.25) is 0 Å². The first-order valence-corrected chi connectivity index (χ1v) is 12.4. The Balaban J connectivity index is 0.00000380. The van der Waals surface area contributed by atoms with Crippen LogP contribution in [-0.2, 0) is 16.1 Å². The number of aromatic nitrogens is 2. The number of para-hydroxylation sites is 1. The van der Waals surface area contributed by atoms with Gasteiger partial charge in [-0.3, -0.25) is 14.3 Å². The highest BCUT2D eigenvalue weighted by molar-refractivity contribution is 5.92. The lowest BCUT2D eigenvalue weighted by Crippen LogP contribution is -2.33. The van der Waals surface area contributed by atoms with Crippen molar-refractivity contribution >= 4 is 29.9 Å². The fourth-order valence-electron chi connectivity index (χ4n) is 4.21. The number of hydrogen-bond donors (Lipinski definition) is 1. The molecular weight excluding hydrogens is 492 g/mol. The van der Waals surface area contributed by atoms with Crippen LogP contribution in [-0.4, -0.2) is 52.8 Å². The average Bonchev–Trinajstić information content (AvgIpc) is 3.32. The van der Waals surface area contributed by atoms with Gasteiger partial charge in [0.2, 0.25) is 11.8 Å². The minimum atomic E-state index is -0.0831. The van der Waals surface area contributed by atoms with E-state index in [1.807, 2.05) is 61.5 Å². The molecule has 2 aromatic carbocycles. The predicted octanol–water partition coefficient (Wildman–Crippen LogP) is 4.73. The summed E-state index contributed by atoms with van der Waals surface area (Å²) in [6.45, 7) is 2.99. The fourth-order valence-corrected chi connectivity index (χ4v) is 4.21. The van der Waals surface area contributed by atoms with Crippen molar-refractivity contribution in [3.8, 4) is 11.5 Å².